The molecule has 0 bridgehead atoms. The minimum Gasteiger partial charge on any atom is -0.324 e. The molecule has 2 nitrogen and oxygen atoms in total. The first-order valence-corrected chi connectivity index (χ1v) is 6.66. The van der Waals surface area contributed by atoms with Gasteiger partial charge in [0.2, 0.25) is 0 Å². The van der Waals surface area contributed by atoms with Crippen molar-refractivity contribution in [3.05, 3.63) is 29.6 Å². The highest BCUT2D eigenvalue weighted by atomic mass is 35.5. The van der Waals surface area contributed by atoms with Crippen molar-refractivity contribution in [3.63, 3.8) is 0 Å². The van der Waals surface area contributed by atoms with Crippen LogP contribution in [-0.4, -0.2) is 9.55 Å². The van der Waals surface area contributed by atoms with Gasteiger partial charge >= 0.3 is 0 Å². The van der Waals surface area contributed by atoms with Crippen LogP contribution in [-0.2, 0) is 5.88 Å². The number of rotatable bonds is 2. The van der Waals surface area contributed by atoms with Crippen LogP contribution in [0.15, 0.2) is 12.1 Å². The standard InChI is InChI=1S/C13H13ClF2N2/c14-7-12-17-13-10(16)5-8(15)6-11(13)18(12)9-3-1-2-4-9/h5-6,9H,1-4,7H2. The van der Waals surface area contributed by atoms with Crippen molar-refractivity contribution in [2.75, 3.05) is 0 Å². The van der Waals surface area contributed by atoms with E-state index in [9.17, 15) is 8.78 Å². The van der Waals surface area contributed by atoms with Crippen molar-refractivity contribution in [2.45, 2.75) is 37.6 Å². The summed E-state index contributed by atoms with van der Waals surface area (Å²) in [6.07, 6.45) is 4.33. The molecule has 5 heteroatoms. The second-order valence-corrected chi connectivity index (χ2v) is 4.99. The monoisotopic (exact) mass is 270 g/mol. The van der Waals surface area contributed by atoms with E-state index in [4.69, 9.17) is 11.6 Å². The van der Waals surface area contributed by atoms with Crippen LogP contribution < -0.4 is 0 Å². The lowest BCUT2D eigenvalue weighted by atomic mass is 10.2. The number of benzene rings is 1. The molecule has 0 N–H and O–H groups in total. The Morgan fingerprint density at radius 3 is 2.67 bits per heavy atom. The van der Waals surface area contributed by atoms with E-state index >= 15 is 0 Å². The van der Waals surface area contributed by atoms with E-state index in [1.165, 1.54) is 6.07 Å². The van der Waals surface area contributed by atoms with Gasteiger partial charge in [0.05, 0.1) is 11.4 Å². The van der Waals surface area contributed by atoms with Gasteiger partial charge in [-0.05, 0) is 18.9 Å². The zero-order valence-electron chi connectivity index (χ0n) is 9.80. The van der Waals surface area contributed by atoms with E-state index in [1.54, 1.807) is 0 Å². The van der Waals surface area contributed by atoms with Crippen LogP contribution in [0.2, 0.25) is 0 Å². The average Bonchev–Trinajstić information content (AvgIpc) is 2.94. The molecule has 0 saturated heterocycles. The van der Waals surface area contributed by atoms with Crippen molar-refractivity contribution in [1.82, 2.24) is 9.55 Å². The van der Waals surface area contributed by atoms with Crippen LogP contribution in [0, 0.1) is 11.6 Å². The zero-order valence-corrected chi connectivity index (χ0v) is 10.6. The molecule has 1 aliphatic rings. The molecule has 0 spiro atoms. The molecule has 2 aromatic rings. The number of alkyl halides is 1. The fourth-order valence-corrected chi connectivity index (χ4v) is 3.02. The summed E-state index contributed by atoms with van der Waals surface area (Å²) in [5, 5.41) is 0. The summed E-state index contributed by atoms with van der Waals surface area (Å²) in [6, 6.07) is 2.48. The van der Waals surface area contributed by atoms with Crippen molar-refractivity contribution in [3.8, 4) is 0 Å². The normalized spacial score (nSPS) is 16.8. The predicted octanol–water partition coefficient (Wildman–Crippen LogP) is 4.17. The molecule has 18 heavy (non-hydrogen) atoms. The third kappa shape index (κ3) is 1.79. The number of imidazole rings is 1. The van der Waals surface area contributed by atoms with Crippen LogP contribution in [0.25, 0.3) is 11.0 Å². The molecule has 96 valence electrons. The maximum atomic E-state index is 13.7. The van der Waals surface area contributed by atoms with Crippen LogP contribution in [0.5, 0.6) is 0 Å². The molecular weight excluding hydrogens is 258 g/mol. The molecule has 1 aromatic heterocycles. The SMILES string of the molecule is Fc1cc(F)c2nc(CCl)n(C3CCCC3)c2c1. The van der Waals surface area contributed by atoms with Gasteiger partial charge in [0.25, 0.3) is 0 Å². The van der Waals surface area contributed by atoms with Gasteiger partial charge in [-0.3, -0.25) is 0 Å². The Labute approximate surface area is 109 Å². The molecule has 0 atom stereocenters. The molecule has 1 aromatic carbocycles. The first-order chi connectivity index (χ1) is 8.70. The lowest BCUT2D eigenvalue weighted by molar-refractivity contribution is 0.516. The second-order valence-electron chi connectivity index (χ2n) is 4.73. The smallest absolute Gasteiger partial charge is 0.153 e. The first-order valence-electron chi connectivity index (χ1n) is 6.12. The number of hydrogen-bond acceptors (Lipinski definition) is 1. The van der Waals surface area contributed by atoms with Crippen molar-refractivity contribution >= 4 is 22.6 Å². The number of halogens is 3. The zero-order chi connectivity index (χ0) is 12.7. The van der Waals surface area contributed by atoms with Gasteiger partial charge < -0.3 is 4.57 Å². The second kappa shape index (κ2) is 4.50. The number of hydrogen-bond donors (Lipinski definition) is 0. The van der Waals surface area contributed by atoms with Crippen molar-refractivity contribution < 1.29 is 8.78 Å². The Balaban J connectivity index is 2.26. The van der Waals surface area contributed by atoms with E-state index in [0.29, 0.717) is 11.3 Å². The predicted molar refractivity (Wildman–Crippen MR) is 66.7 cm³/mol. The Kier molecular flexibility index (Phi) is 2.98. The summed E-state index contributed by atoms with van der Waals surface area (Å²) >= 11 is 5.87. The minimum absolute atomic E-state index is 0.215. The largest absolute Gasteiger partial charge is 0.324 e. The maximum absolute atomic E-state index is 13.7. The quantitative estimate of drug-likeness (QED) is 0.749. The van der Waals surface area contributed by atoms with Gasteiger partial charge in [-0.1, -0.05) is 12.8 Å². The molecule has 3 rings (SSSR count). The van der Waals surface area contributed by atoms with Crippen LogP contribution >= 0.6 is 11.6 Å². The highest BCUT2D eigenvalue weighted by Crippen LogP contribution is 2.34. The van der Waals surface area contributed by atoms with Crippen LogP contribution in [0.1, 0.15) is 37.5 Å². The molecule has 0 unspecified atom stereocenters. The van der Waals surface area contributed by atoms with E-state index in [1.807, 2.05) is 4.57 Å². The van der Waals surface area contributed by atoms with Crippen molar-refractivity contribution in [1.29, 1.82) is 0 Å². The molecule has 1 fully saturated rings. The lowest BCUT2D eigenvalue weighted by Gasteiger charge is -2.15. The maximum Gasteiger partial charge on any atom is 0.153 e. The fraction of sp³-hybridized carbons (Fsp3) is 0.462. The molecule has 1 saturated carbocycles. The Bertz CT molecular complexity index is 588. The molecule has 1 aliphatic carbocycles. The number of fused-ring (bicyclic) bond motifs is 1. The average molecular weight is 271 g/mol. The summed E-state index contributed by atoms with van der Waals surface area (Å²) in [5.74, 6) is -0.344. The third-order valence-corrected chi connectivity index (χ3v) is 3.83. The highest BCUT2D eigenvalue weighted by Gasteiger charge is 2.23. The third-order valence-electron chi connectivity index (χ3n) is 3.60. The van der Waals surface area contributed by atoms with Gasteiger partial charge in [-0.2, -0.15) is 0 Å². The van der Waals surface area contributed by atoms with E-state index < -0.39 is 11.6 Å². The summed E-state index contributed by atoms with van der Waals surface area (Å²) in [6.45, 7) is 0. The van der Waals surface area contributed by atoms with Gasteiger partial charge in [0.1, 0.15) is 17.2 Å². The number of aromatic nitrogens is 2. The topological polar surface area (TPSA) is 17.8 Å². The summed E-state index contributed by atoms with van der Waals surface area (Å²) in [5.41, 5.74) is 0.744. The molecular formula is C13H13ClF2N2. The fourth-order valence-electron chi connectivity index (χ4n) is 2.83. The molecule has 1 heterocycles. The van der Waals surface area contributed by atoms with Gasteiger partial charge in [-0.15, -0.1) is 11.6 Å². The van der Waals surface area contributed by atoms with E-state index in [2.05, 4.69) is 4.98 Å². The van der Waals surface area contributed by atoms with Gasteiger partial charge in [0.15, 0.2) is 5.82 Å². The van der Waals surface area contributed by atoms with Gasteiger partial charge in [-0.25, -0.2) is 13.8 Å². The summed E-state index contributed by atoms with van der Waals surface area (Å²) in [7, 11) is 0. The Hall–Kier alpha value is -1.16. The highest BCUT2D eigenvalue weighted by molar-refractivity contribution is 6.16. The Morgan fingerprint density at radius 1 is 1.28 bits per heavy atom. The summed E-state index contributed by atoms with van der Waals surface area (Å²) < 4.78 is 29.0. The Morgan fingerprint density at radius 2 is 2.00 bits per heavy atom. The van der Waals surface area contributed by atoms with Gasteiger partial charge in [0, 0.05) is 12.1 Å². The molecule has 0 amide bonds. The molecule has 0 radical (unpaired) electrons. The van der Waals surface area contributed by atoms with Crippen LogP contribution in [0.3, 0.4) is 0 Å². The number of nitrogens with zero attached hydrogens (tertiary/aromatic N) is 2. The lowest BCUT2D eigenvalue weighted by Crippen LogP contribution is -2.08. The van der Waals surface area contributed by atoms with E-state index in [0.717, 1.165) is 31.7 Å². The van der Waals surface area contributed by atoms with E-state index in [-0.39, 0.29) is 17.4 Å². The first kappa shape index (κ1) is 11.9. The molecule has 0 aliphatic heterocycles. The van der Waals surface area contributed by atoms with Crippen molar-refractivity contribution in [2.24, 2.45) is 0 Å². The van der Waals surface area contributed by atoms with Crippen LogP contribution in [0.4, 0.5) is 8.78 Å². The summed E-state index contributed by atoms with van der Waals surface area (Å²) in [4.78, 5) is 4.21. The minimum atomic E-state index is -0.617.